The molecule has 0 aliphatic carbocycles. The van der Waals surface area contributed by atoms with Crippen molar-refractivity contribution in [1.29, 1.82) is 0 Å². The van der Waals surface area contributed by atoms with Crippen LogP contribution in [0.25, 0.3) is 5.69 Å². The Morgan fingerprint density at radius 2 is 1.74 bits per heavy atom. The third-order valence-corrected chi connectivity index (χ3v) is 8.06. The Morgan fingerprint density at radius 1 is 1.00 bits per heavy atom. The Morgan fingerprint density at radius 3 is 2.41 bits per heavy atom. The van der Waals surface area contributed by atoms with E-state index in [1.165, 1.54) is 5.56 Å². The Bertz CT molecular complexity index is 1390. The number of aliphatic carboxylic acids is 1. The first-order valence-electron chi connectivity index (χ1n) is 13.5. The highest BCUT2D eigenvalue weighted by atomic mass is 16.4. The fourth-order valence-electron chi connectivity index (χ4n) is 5.52. The number of hydrogen-bond acceptors (Lipinski definition) is 8. The number of hydrogen-bond donors (Lipinski definition) is 3. The zero-order valence-corrected chi connectivity index (χ0v) is 22.7. The highest BCUT2D eigenvalue weighted by Gasteiger charge is 2.33. The molecule has 10 nitrogen and oxygen atoms in total. The summed E-state index contributed by atoms with van der Waals surface area (Å²) in [4.78, 5) is 20.0. The van der Waals surface area contributed by atoms with E-state index in [0.717, 1.165) is 55.1 Å². The number of aryl methyl sites for hydroxylation is 2. The molecule has 0 radical (unpaired) electrons. The van der Waals surface area contributed by atoms with Crippen LogP contribution < -0.4 is 0 Å². The number of phenolic OH excluding ortho intramolecular Hbond substituents is 1. The van der Waals surface area contributed by atoms with Crippen LogP contribution in [0.1, 0.15) is 54.1 Å². The van der Waals surface area contributed by atoms with Crippen LogP contribution in [0.15, 0.2) is 46.6 Å². The molecule has 5 rings (SSSR count). The van der Waals surface area contributed by atoms with Gasteiger partial charge in [0.25, 0.3) is 0 Å². The number of piperidine rings is 1. The fourth-order valence-corrected chi connectivity index (χ4v) is 5.52. The smallest absolute Gasteiger partial charge is 0.317 e. The monoisotopic (exact) mass is 532 g/mol. The van der Waals surface area contributed by atoms with Gasteiger partial charge in [-0.3, -0.25) is 14.3 Å². The third kappa shape index (κ3) is 5.53. The molecule has 2 aliphatic rings. The minimum absolute atomic E-state index is 0.0323. The van der Waals surface area contributed by atoms with Crippen LogP contribution in [-0.2, 0) is 4.79 Å². The van der Waals surface area contributed by atoms with Crippen molar-refractivity contribution in [1.82, 2.24) is 19.4 Å². The molecule has 0 atom stereocenters. The van der Waals surface area contributed by atoms with Crippen molar-refractivity contribution < 1.29 is 20.1 Å². The molecule has 2 aromatic carbocycles. The molecule has 206 valence electrons. The minimum atomic E-state index is -0.829. The maximum Gasteiger partial charge on any atom is 0.317 e. The molecule has 2 fully saturated rings. The normalized spacial score (nSPS) is 17.6. The van der Waals surface area contributed by atoms with Crippen molar-refractivity contribution >= 4 is 17.5 Å². The van der Waals surface area contributed by atoms with Crippen LogP contribution in [0.5, 0.6) is 11.6 Å². The molecular weight excluding hydrogens is 496 g/mol. The van der Waals surface area contributed by atoms with E-state index in [1.54, 1.807) is 10.6 Å². The first-order chi connectivity index (χ1) is 18.7. The quantitative estimate of drug-likeness (QED) is 0.349. The minimum Gasteiger partial charge on any atom is -0.505 e. The molecule has 3 N–H and O–H groups in total. The summed E-state index contributed by atoms with van der Waals surface area (Å²) in [7, 11) is 0. The lowest BCUT2D eigenvalue weighted by Crippen LogP contribution is -2.45. The number of para-hydroxylation sites is 1. The number of rotatable bonds is 8. The SMILES string of the molecule is CCN1CC(c2nc(N=Nc3cccc(C4CCN(CC(=O)O)CC4)c3O)c(O)n2-c2ccc(C)c(C)c2)C1. The number of aromatic nitrogens is 2. The third-order valence-electron chi connectivity index (χ3n) is 8.06. The van der Waals surface area contributed by atoms with Crippen molar-refractivity contribution in [2.45, 2.75) is 45.4 Å². The van der Waals surface area contributed by atoms with Gasteiger partial charge in [-0.2, -0.15) is 0 Å². The number of aromatic hydroxyl groups is 2. The molecule has 3 heterocycles. The summed E-state index contributed by atoms with van der Waals surface area (Å²) in [5.74, 6) is 0.298. The molecule has 1 aromatic heterocycles. The zero-order chi connectivity index (χ0) is 27.7. The summed E-state index contributed by atoms with van der Waals surface area (Å²) in [5, 5.41) is 39.9. The van der Waals surface area contributed by atoms with Crippen LogP contribution in [0, 0.1) is 13.8 Å². The lowest BCUT2D eigenvalue weighted by atomic mass is 9.88. The van der Waals surface area contributed by atoms with Crippen molar-refractivity contribution in [3.63, 3.8) is 0 Å². The largest absolute Gasteiger partial charge is 0.505 e. The molecule has 39 heavy (non-hydrogen) atoms. The van der Waals surface area contributed by atoms with Crippen molar-refractivity contribution in [3.8, 4) is 17.3 Å². The molecule has 2 aliphatic heterocycles. The van der Waals surface area contributed by atoms with E-state index >= 15 is 0 Å². The number of benzene rings is 2. The van der Waals surface area contributed by atoms with Crippen LogP contribution in [0.3, 0.4) is 0 Å². The van der Waals surface area contributed by atoms with E-state index in [2.05, 4.69) is 29.0 Å². The molecule has 0 saturated carbocycles. The van der Waals surface area contributed by atoms with Gasteiger partial charge in [-0.05, 0) is 87.1 Å². The number of carboxylic acid groups (broad SMARTS) is 1. The number of likely N-dealkylation sites (tertiary alicyclic amines) is 2. The predicted molar refractivity (Wildman–Crippen MR) is 148 cm³/mol. The lowest BCUT2D eigenvalue weighted by Gasteiger charge is -2.38. The summed E-state index contributed by atoms with van der Waals surface area (Å²) in [6.07, 6.45) is 1.50. The Balaban J connectivity index is 1.42. The second-order valence-corrected chi connectivity index (χ2v) is 10.6. The van der Waals surface area contributed by atoms with Crippen molar-refractivity contribution in [2.24, 2.45) is 10.2 Å². The Labute approximate surface area is 228 Å². The Hall–Kier alpha value is -3.76. The van der Waals surface area contributed by atoms with E-state index in [-0.39, 0.29) is 35.8 Å². The number of carbonyl (C=O) groups is 1. The van der Waals surface area contributed by atoms with E-state index in [9.17, 15) is 15.0 Å². The van der Waals surface area contributed by atoms with Crippen LogP contribution in [0.4, 0.5) is 11.5 Å². The Kier molecular flexibility index (Phi) is 7.67. The van der Waals surface area contributed by atoms with E-state index in [0.29, 0.717) is 18.8 Å². The van der Waals surface area contributed by atoms with Gasteiger partial charge in [-0.15, -0.1) is 10.2 Å². The summed E-state index contributed by atoms with van der Waals surface area (Å²) in [6.45, 7) is 10.3. The van der Waals surface area contributed by atoms with Crippen LogP contribution >= 0.6 is 0 Å². The molecule has 0 bridgehead atoms. The molecule has 10 heteroatoms. The van der Waals surface area contributed by atoms with Gasteiger partial charge in [0, 0.05) is 19.0 Å². The van der Waals surface area contributed by atoms with Gasteiger partial charge in [-0.25, -0.2) is 4.98 Å². The number of imidazole rings is 1. The van der Waals surface area contributed by atoms with Gasteiger partial charge in [0.05, 0.1) is 12.2 Å². The molecule has 0 spiro atoms. The van der Waals surface area contributed by atoms with Gasteiger partial charge in [0.15, 0.2) is 0 Å². The lowest BCUT2D eigenvalue weighted by molar-refractivity contribution is -0.138. The van der Waals surface area contributed by atoms with E-state index < -0.39 is 5.97 Å². The van der Waals surface area contributed by atoms with Gasteiger partial charge in [0.2, 0.25) is 11.7 Å². The summed E-state index contributed by atoms with van der Waals surface area (Å²) in [5.41, 5.74) is 4.20. The maximum atomic E-state index is 11.2. The summed E-state index contributed by atoms with van der Waals surface area (Å²) >= 11 is 0. The highest BCUT2D eigenvalue weighted by molar-refractivity contribution is 5.69. The van der Waals surface area contributed by atoms with Crippen LogP contribution in [0.2, 0.25) is 0 Å². The summed E-state index contributed by atoms with van der Waals surface area (Å²) in [6, 6.07) is 11.4. The fraction of sp³-hybridized carbons (Fsp3) is 0.448. The highest BCUT2D eigenvalue weighted by Crippen LogP contribution is 2.41. The first-order valence-corrected chi connectivity index (χ1v) is 13.5. The van der Waals surface area contributed by atoms with Crippen molar-refractivity contribution in [2.75, 3.05) is 39.3 Å². The van der Waals surface area contributed by atoms with Gasteiger partial charge < -0.3 is 20.2 Å². The molecule has 0 unspecified atom stereocenters. The predicted octanol–water partition coefficient (Wildman–Crippen LogP) is 5.00. The zero-order valence-electron chi connectivity index (χ0n) is 22.7. The van der Waals surface area contributed by atoms with Gasteiger partial charge in [0.1, 0.15) is 17.3 Å². The molecule has 2 saturated heterocycles. The molecular formula is C29H36N6O4. The number of likely N-dealkylation sites (N-methyl/N-ethyl adjacent to an activating group) is 1. The van der Waals surface area contributed by atoms with E-state index in [1.807, 2.05) is 42.2 Å². The van der Waals surface area contributed by atoms with Gasteiger partial charge in [-0.1, -0.05) is 25.1 Å². The number of nitrogens with zero attached hydrogens (tertiary/aromatic N) is 6. The summed E-state index contributed by atoms with van der Waals surface area (Å²) < 4.78 is 1.76. The molecule has 3 aromatic rings. The van der Waals surface area contributed by atoms with Crippen molar-refractivity contribution in [3.05, 3.63) is 58.9 Å². The number of phenols is 1. The molecule has 0 amide bonds. The topological polar surface area (TPSA) is 127 Å². The maximum absolute atomic E-state index is 11.2. The number of azo groups is 1. The average Bonchev–Trinajstić information content (AvgIpc) is 3.20. The average molecular weight is 533 g/mol. The van der Waals surface area contributed by atoms with Crippen LogP contribution in [-0.4, -0.2) is 79.9 Å². The second kappa shape index (κ2) is 11.2. The van der Waals surface area contributed by atoms with Gasteiger partial charge >= 0.3 is 5.97 Å². The standard InChI is InChI=1S/C29H36N6O4/c1-4-33-15-21(16-33)28-30-27(29(39)35(28)22-9-8-18(2)19(3)14-22)32-31-24-7-5-6-23(26(24)38)20-10-12-34(13-11-20)17-25(36)37/h5-9,14,20-21,38-39H,4,10-13,15-17H2,1-3H3,(H,36,37). The van der Waals surface area contributed by atoms with E-state index in [4.69, 9.17) is 10.1 Å². The number of carboxylic acids is 1. The first kappa shape index (κ1) is 26.8. The second-order valence-electron chi connectivity index (χ2n) is 10.6.